The summed E-state index contributed by atoms with van der Waals surface area (Å²) in [4.78, 5) is 0. The Morgan fingerprint density at radius 1 is 1.28 bits per heavy atom. The molecule has 0 aliphatic rings. The first-order valence-electron chi connectivity index (χ1n) is 6.07. The standard InChI is InChI=1S/C14H18N2O2/c1-11-8-12(2)16(15-11)9-13(17)10-18-14-6-4-3-5-7-14/h3-8,13,17H,9-10H2,1-2H3/p+1/t13-/m0/s1. The summed E-state index contributed by atoms with van der Waals surface area (Å²) in [6.45, 7) is 4.80. The van der Waals surface area contributed by atoms with E-state index in [1.165, 1.54) is 0 Å². The number of aromatic nitrogens is 2. The van der Waals surface area contributed by atoms with E-state index in [0.717, 1.165) is 17.1 Å². The first kappa shape index (κ1) is 12.6. The number of aryl methyl sites for hydroxylation is 2. The molecule has 1 aromatic heterocycles. The quantitative estimate of drug-likeness (QED) is 0.784. The minimum atomic E-state index is -0.535. The highest BCUT2D eigenvalue weighted by Gasteiger charge is 2.16. The van der Waals surface area contributed by atoms with Gasteiger partial charge < -0.3 is 9.84 Å². The number of nitrogens with one attached hydrogen (secondary N) is 1. The second kappa shape index (κ2) is 5.69. The summed E-state index contributed by atoms with van der Waals surface area (Å²) >= 11 is 0. The molecule has 0 aliphatic carbocycles. The number of ether oxygens (including phenoxy) is 1. The fourth-order valence-electron chi connectivity index (χ4n) is 1.89. The highest BCUT2D eigenvalue weighted by Crippen LogP contribution is 2.08. The van der Waals surface area contributed by atoms with Gasteiger partial charge in [-0.3, -0.25) is 0 Å². The van der Waals surface area contributed by atoms with Crippen LogP contribution in [-0.2, 0) is 6.54 Å². The normalized spacial score (nSPS) is 12.4. The zero-order valence-electron chi connectivity index (χ0n) is 10.8. The molecule has 18 heavy (non-hydrogen) atoms. The lowest BCUT2D eigenvalue weighted by Gasteiger charge is -2.09. The average molecular weight is 247 g/mol. The smallest absolute Gasteiger partial charge is 0.205 e. The number of aliphatic hydroxyl groups excluding tert-OH is 1. The van der Waals surface area contributed by atoms with Crippen LogP contribution in [0.3, 0.4) is 0 Å². The summed E-state index contributed by atoms with van der Waals surface area (Å²) in [5, 5.41) is 13.1. The molecule has 2 N–H and O–H groups in total. The molecule has 1 atom stereocenters. The van der Waals surface area contributed by atoms with E-state index in [-0.39, 0.29) is 6.61 Å². The third-order valence-electron chi connectivity index (χ3n) is 2.74. The molecule has 0 bridgehead atoms. The molecule has 0 radical (unpaired) electrons. The molecule has 1 heterocycles. The van der Waals surface area contributed by atoms with Crippen molar-refractivity contribution in [2.75, 3.05) is 6.61 Å². The highest BCUT2D eigenvalue weighted by molar-refractivity contribution is 5.20. The number of hydrogen-bond acceptors (Lipinski definition) is 2. The Bertz CT molecular complexity index is 494. The predicted octanol–water partition coefficient (Wildman–Crippen LogP) is 1.36. The zero-order valence-corrected chi connectivity index (χ0v) is 10.8. The number of H-pyrrole nitrogens is 1. The van der Waals surface area contributed by atoms with Crippen LogP contribution in [0.5, 0.6) is 5.75 Å². The Morgan fingerprint density at radius 3 is 2.61 bits per heavy atom. The van der Waals surface area contributed by atoms with Crippen LogP contribution >= 0.6 is 0 Å². The number of hydrogen-bond donors (Lipinski definition) is 2. The van der Waals surface area contributed by atoms with E-state index in [4.69, 9.17) is 4.74 Å². The fourth-order valence-corrected chi connectivity index (χ4v) is 1.89. The predicted molar refractivity (Wildman–Crippen MR) is 68.4 cm³/mol. The lowest BCUT2D eigenvalue weighted by atomic mass is 10.3. The molecule has 2 rings (SSSR count). The maximum absolute atomic E-state index is 9.93. The van der Waals surface area contributed by atoms with E-state index in [9.17, 15) is 5.11 Å². The molecular weight excluding hydrogens is 228 g/mol. The minimum Gasteiger partial charge on any atom is -0.491 e. The van der Waals surface area contributed by atoms with E-state index in [1.54, 1.807) is 0 Å². The molecule has 0 fully saturated rings. The molecule has 4 nitrogen and oxygen atoms in total. The second-order valence-corrected chi connectivity index (χ2v) is 4.47. The van der Waals surface area contributed by atoms with Gasteiger partial charge in [0.05, 0.1) is 5.69 Å². The molecule has 0 amide bonds. The van der Waals surface area contributed by atoms with Crippen LogP contribution in [0.15, 0.2) is 36.4 Å². The molecular formula is C14H19N2O2+. The van der Waals surface area contributed by atoms with Gasteiger partial charge in [-0.15, -0.1) is 4.68 Å². The van der Waals surface area contributed by atoms with E-state index >= 15 is 0 Å². The third-order valence-corrected chi connectivity index (χ3v) is 2.74. The number of nitrogens with zero attached hydrogens (tertiary/aromatic N) is 1. The van der Waals surface area contributed by atoms with Crippen LogP contribution in [-0.4, -0.2) is 22.9 Å². The van der Waals surface area contributed by atoms with Crippen molar-refractivity contribution in [1.82, 2.24) is 5.10 Å². The van der Waals surface area contributed by atoms with Crippen LogP contribution in [0.1, 0.15) is 11.4 Å². The Labute approximate surface area is 107 Å². The SMILES string of the molecule is Cc1cc(C)[n+](C[C@H](O)COc2ccccc2)[nH]1. The van der Waals surface area contributed by atoms with Gasteiger partial charge in [0.25, 0.3) is 0 Å². The van der Waals surface area contributed by atoms with Gasteiger partial charge in [-0.2, -0.15) is 5.10 Å². The summed E-state index contributed by atoms with van der Waals surface area (Å²) in [6.07, 6.45) is -0.535. The number of benzene rings is 1. The van der Waals surface area contributed by atoms with E-state index in [0.29, 0.717) is 6.54 Å². The van der Waals surface area contributed by atoms with Crippen molar-refractivity contribution >= 4 is 0 Å². The number of aliphatic hydroxyl groups is 1. The van der Waals surface area contributed by atoms with Crippen LogP contribution in [0.25, 0.3) is 0 Å². The van der Waals surface area contributed by atoms with Crippen molar-refractivity contribution in [2.24, 2.45) is 0 Å². The topological polar surface area (TPSA) is 49.1 Å². The lowest BCUT2D eigenvalue weighted by Crippen LogP contribution is -2.45. The zero-order chi connectivity index (χ0) is 13.0. The fraction of sp³-hybridized carbons (Fsp3) is 0.357. The van der Waals surface area contributed by atoms with Crippen molar-refractivity contribution in [3.63, 3.8) is 0 Å². The first-order valence-corrected chi connectivity index (χ1v) is 6.07. The maximum atomic E-state index is 9.93. The second-order valence-electron chi connectivity index (χ2n) is 4.47. The van der Waals surface area contributed by atoms with Crippen LogP contribution in [0.2, 0.25) is 0 Å². The monoisotopic (exact) mass is 247 g/mol. The largest absolute Gasteiger partial charge is 0.491 e. The summed E-state index contributed by atoms with van der Waals surface area (Å²) in [5.74, 6) is 0.779. The van der Waals surface area contributed by atoms with E-state index in [2.05, 4.69) is 5.10 Å². The van der Waals surface area contributed by atoms with E-state index < -0.39 is 6.10 Å². The van der Waals surface area contributed by atoms with Crippen molar-refractivity contribution in [3.05, 3.63) is 47.8 Å². The van der Waals surface area contributed by atoms with Crippen molar-refractivity contribution < 1.29 is 14.5 Å². The van der Waals surface area contributed by atoms with Gasteiger partial charge in [0.2, 0.25) is 12.2 Å². The van der Waals surface area contributed by atoms with Gasteiger partial charge in [0.1, 0.15) is 18.5 Å². The Kier molecular flexibility index (Phi) is 3.99. The maximum Gasteiger partial charge on any atom is 0.205 e. The van der Waals surface area contributed by atoms with E-state index in [1.807, 2.05) is 54.9 Å². The van der Waals surface area contributed by atoms with Gasteiger partial charge in [-0.05, 0) is 19.1 Å². The number of para-hydroxylation sites is 1. The molecule has 0 spiro atoms. The number of rotatable bonds is 5. The Balaban J connectivity index is 1.86. The molecule has 4 heteroatoms. The van der Waals surface area contributed by atoms with Crippen LogP contribution in [0.4, 0.5) is 0 Å². The molecule has 2 aromatic rings. The number of aromatic amines is 1. The molecule has 1 aromatic carbocycles. The molecule has 0 aliphatic heterocycles. The molecule has 96 valence electrons. The van der Waals surface area contributed by atoms with Gasteiger partial charge in [0.15, 0.2) is 0 Å². The summed E-state index contributed by atoms with van der Waals surface area (Å²) in [7, 11) is 0. The first-order chi connectivity index (χ1) is 8.65. The minimum absolute atomic E-state index is 0.286. The van der Waals surface area contributed by atoms with Crippen molar-refractivity contribution in [1.29, 1.82) is 0 Å². The molecule has 0 saturated carbocycles. The Hall–Kier alpha value is -1.81. The van der Waals surface area contributed by atoms with Crippen LogP contribution < -0.4 is 9.42 Å². The van der Waals surface area contributed by atoms with Crippen LogP contribution in [0, 0.1) is 13.8 Å². The summed E-state index contributed by atoms with van der Waals surface area (Å²) in [6, 6.07) is 11.6. The summed E-state index contributed by atoms with van der Waals surface area (Å²) < 4.78 is 7.43. The van der Waals surface area contributed by atoms with Gasteiger partial charge in [-0.1, -0.05) is 18.2 Å². The average Bonchev–Trinajstić information content (AvgIpc) is 2.67. The molecule has 0 saturated heterocycles. The third kappa shape index (κ3) is 3.34. The van der Waals surface area contributed by atoms with Gasteiger partial charge in [-0.25, -0.2) is 0 Å². The van der Waals surface area contributed by atoms with Gasteiger partial charge in [0, 0.05) is 13.0 Å². The Morgan fingerprint density at radius 2 is 2.00 bits per heavy atom. The lowest BCUT2D eigenvalue weighted by molar-refractivity contribution is -0.761. The van der Waals surface area contributed by atoms with Gasteiger partial charge >= 0.3 is 0 Å². The molecule has 0 unspecified atom stereocenters. The highest BCUT2D eigenvalue weighted by atomic mass is 16.5. The summed E-state index contributed by atoms with van der Waals surface area (Å²) in [5.41, 5.74) is 2.19. The van der Waals surface area contributed by atoms with Crippen molar-refractivity contribution in [2.45, 2.75) is 26.5 Å². The van der Waals surface area contributed by atoms with Crippen molar-refractivity contribution in [3.8, 4) is 5.75 Å².